The molecule has 0 aromatic heterocycles. The van der Waals surface area contributed by atoms with Gasteiger partial charge in [0.2, 0.25) is 5.90 Å². The number of hydrogen-bond donors (Lipinski definition) is 0. The van der Waals surface area contributed by atoms with E-state index in [0.29, 0.717) is 5.90 Å². The molecule has 28 heavy (non-hydrogen) atoms. The second-order valence-electron chi connectivity index (χ2n) is 4.71. The number of unbranched alkanes of at least 4 members (excludes halogenated alkanes) is 1. The van der Waals surface area contributed by atoms with Gasteiger partial charge >= 0.3 is 26.2 Å². The monoisotopic (exact) mass is 521 g/mol. The van der Waals surface area contributed by atoms with E-state index in [2.05, 4.69) is 42.3 Å². The Balaban J connectivity index is -0.0000000741. The van der Waals surface area contributed by atoms with Gasteiger partial charge in [0, 0.05) is 17.7 Å². The van der Waals surface area contributed by atoms with Gasteiger partial charge in [0.1, 0.15) is 0 Å². The zero-order valence-corrected chi connectivity index (χ0v) is 25.0. The predicted molar refractivity (Wildman–Crippen MR) is 122 cm³/mol. The van der Waals surface area contributed by atoms with Crippen LogP contribution >= 0.6 is 0 Å². The van der Waals surface area contributed by atoms with Gasteiger partial charge in [-0.1, -0.05) is 37.6 Å². The molecule has 0 amide bonds. The van der Waals surface area contributed by atoms with E-state index in [1.54, 1.807) is 7.11 Å². The molecule has 0 unspecified atom stereocenters. The minimum absolute atomic E-state index is 0. The molecule has 0 saturated carbocycles. The van der Waals surface area contributed by atoms with Crippen molar-refractivity contribution in [3.05, 3.63) is 96.5 Å². The third-order valence-electron chi connectivity index (χ3n) is 3.21. The van der Waals surface area contributed by atoms with E-state index in [0.717, 1.165) is 24.1 Å². The average molecular weight is 524 g/mol. The molecule has 1 radical (unpaired) electrons. The molecular weight excluding hydrogens is 484 g/mol. The second-order valence-corrected chi connectivity index (χ2v) is 4.71. The van der Waals surface area contributed by atoms with Crippen LogP contribution in [0.4, 0.5) is 0 Å². The minimum atomic E-state index is 0. The van der Waals surface area contributed by atoms with Crippen molar-refractivity contribution >= 4 is 16.9 Å². The maximum absolute atomic E-state index is 5.40. The molecule has 165 valence electrons. The van der Waals surface area contributed by atoms with Gasteiger partial charge in [0.25, 0.3) is 0 Å². The maximum Gasteiger partial charge on any atom is 2.00 e. The molecule has 1 aromatic carbocycles. The first-order chi connectivity index (χ1) is 9.33. The summed E-state index contributed by atoms with van der Waals surface area (Å²) in [6.45, 7) is 2.22. The van der Waals surface area contributed by atoms with Gasteiger partial charge in [-0.15, -0.1) is 0 Å². The second kappa shape index (κ2) is 29.1. The Morgan fingerprint density at radius 2 is 1.54 bits per heavy atom. The van der Waals surface area contributed by atoms with Crippen molar-refractivity contribution in [3.8, 4) is 0 Å². The summed E-state index contributed by atoms with van der Waals surface area (Å²) in [5.41, 5.74) is 3.46. The van der Waals surface area contributed by atoms with E-state index < -0.39 is 0 Å². The summed E-state index contributed by atoms with van der Waals surface area (Å²) < 4.78 is 5.40. The van der Waals surface area contributed by atoms with E-state index in [9.17, 15) is 0 Å². The van der Waals surface area contributed by atoms with Crippen molar-refractivity contribution in [1.29, 1.82) is 0 Å². The molecule has 0 heterocycles. The number of rotatable bonds is 5. The number of hydrogen-bond acceptors (Lipinski definition) is 2. The van der Waals surface area contributed by atoms with Crippen LogP contribution in [0.25, 0.3) is 0 Å². The molecule has 0 bridgehead atoms. The fourth-order valence-corrected chi connectivity index (χ4v) is 2.07. The zero-order valence-electron chi connectivity index (χ0n) is 19.0. The van der Waals surface area contributed by atoms with Crippen LogP contribution in [0.5, 0.6) is 0 Å². The average Bonchev–Trinajstić information content (AvgIpc) is 2.96. The molecule has 0 saturated heterocycles. The summed E-state index contributed by atoms with van der Waals surface area (Å²) in [6.07, 6.45) is 10.7. The normalized spacial score (nSPS) is 9.93. The Bertz CT molecular complexity index is 518. The van der Waals surface area contributed by atoms with Gasteiger partial charge in [0.05, 0.1) is 7.11 Å². The van der Waals surface area contributed by atoms with E-state index in [4.69, 9.17) is 4.74 Å². The van der Waals surface area contributed by atoms with E-state index in [1.165, 1.54) is 18.4 Å². The summed E-state index contributed by atoms with van der Waals surface area (Å²) >= 11 is 0. The predicted octanol–water partition coefficient (Wildman–Crippen LogP) is -0.661. The SMILES string of the molecule is CCCCc1ccc(C(=NC2=CC=CC2)OC)cc1.[CH3-].[CH3-].[CH3-].[CH3-].[CH3-].[Cl-].[Cl-].[SiH3].[Zr+2]. The number of methoxy groups -OCH3 is 1. The molecule has 1 aliphatic rings. The Morgan fingerprint density at radius 1 is 1.00 bits per heavy atom. The Morgan fingerprint density at radius 3 is 1.93 bits per heavy atom. The topological polar surface area (TPSA) is 21.6 Å². The molecule has 0 aliphatic heterocycles. The molecule has 0 N–H and O–H groups in total. The van der Waals surface area contributed by atoms with Gasteiger partial charge in [0.15, 0.2) is 0 Å². The molecular formula is C22H39Cl2NOSiZr-5. The van der Waals surface area contributed by atoms with Gasteiger partial charge in [-0.25, -0.2) is 4.99 Å². The van der Waals surface area contributed by atoms with Gasteiger partial charge in [-0.2, -0.15) is 0 Å². The van der Waals surface area contributed by atoms with Crippen molar-refractivity contribution in [2.45, 2.75) is 32.6 Å². The van der Waals surface area contributed by atoms with Crippen LogP contribution in [0, 0.1) is 37.1 Å². The summed E-state index contributed by atoms with van der Waals surface area (Å²) in [4.78, 5) is 4.55. The molecule has 6 heteroatoms. The number of allylic oxidation sites excluding steroid dienone is 3. The smallest absolute Gasteiger partial charge is 1.00 e. The van der Waals surface area contributed by atoms with Crippen LogP contribution in [0.3, 0.4) is 0 Å². The molecule has 0 fully saturated rings. The summed E-state index contributed by atoms with van der Waals surface area (Å²) in [5, 5.41) is 0. The molecule has 1 aliphatic carbocycles. The van der Waals surface area contributed by atoms with Crippen molar-refractivity contribution in [1.82, 2.24) is 0 Å². The van der Waals surface area contributed by atoms with Crippen molar-refractivity contribution in [2.24, 2.45) is 4.99 Å². The first-order valence-corrected chi connectivity index (χ1v) is 6.91. The third-order valence-corrected chi connectivity index (χ3v) is 3.21. The number of halogens is 2. The Hall–Kier alpha value is -0.150. The van der Waals surface area contributed by atoms with Crippen LogP contribution in [-0.4, -0.2) is 24.0 Å². The van der Waals surface area contributed by atoms with Crippen LogP contribution in [-0.2, 0) is 37.4 Å². The summed E-state index contributed by atoms with van der Waals surface area (Å²) in [5.74, 6) is 0.692. The maximum atomic E-state index is 5.40. The van der Waals surface area contributed by atoms with Crippen LogP contribution in [0.2, 0.25) is 0 Å². The van der Waals surface area contributed by atoms with Crippen LogP contribution in [0.15, 0.2) is 53.2 Å². The van der Waals surface area contributed by atoms with Crippen molar-refractivity contribution in [3.63, 3.8) is 0 Å². The van der Waals surface area contributed by atoms with Gasteiger partial charge in [-0.3, -0.25) is 0 Å². The molecule has 0 atom stereocenters. The van der Waals surface area contributed by atoms with Crippen molar-refractivity contribution in [2.75, 3.05) is 7.11 Å². The fraction of sp³-hybridized carbons (Fsp3) is 0.273. The first-order valence-electron chi connectivity index (χ1n) is 6.91. The van der Waals surface area contributed by atoms with Crippen LogP contribution < -0.4 is 24.8 Å². The summed E-state index contributed by atoms with van der Waals surface area (Å²) in [6, 6.07) is 8.52. The quantitative estimate of drug-likeness (QED) is 0.217. The number of nitrogens with zero attached hydrogens (tertiary/aromatic N) is 1. The van der Waals surface area contributed by atoms with E-state index in [-0.39, 0.29) is 99.1 Å². The largest absolute Gasteiger partial charge is 2.00 e. The number of ether oxygens (including phenoxy) is 1. The van der Waals surface area contributed by atoms with E-state index >= 15 is 0 Å². The number of aliphatic imine (C=N–C) groups is 1. The number of benzene rings is 1. The van der Waals surface area contributed by atoms with Gasteiger partial charge in [-0.05, 0) is 47.6 Å². The molecule has 2 nitrogen and oxygen atoms in total. The number of aryl methyl sites for hydroxylation is 1. The Kier molecular flexibility index (Phi) is 52.9. The van der Waals surface area contributed by atoms with Crippen LogP contribution in [0.1, 0.15) is 37.3 Å². The molecule has 2 rings (SSSR count). The Labute approximate surface area is 212 Å². The first kappa shape index (κ1) is 51.0. The molecule has 0 spiro atoms. The zero-order chi connectivity index (χ0) is 13.5. The fourth-order valence-electron chi connectivity index (χ4n) is 2.07. The molecule has 1 aromatic rings. The third kappa shape index (κ3) is 16.8. The van der Waals surface area contributed by atoms with E-state index in [1.807, 2.05) is 12.2 Å². The standard InChI is InChI=1S/C17H21NO.5CH3.2ClH.H3Si.Zr/c1-3-4-7-14-10-12-15(13-11-14)17(19-2)18-16-8-5-6-9-16;;;;;;;;;/h5-6,8,10-13H,3-4,7,9H2,1-2H3;5*1H3;2*1H;1H3;/q;5*-1;;;;+2/p-2. The van der Waals surface area contributed by atoms with Gasteiger partial charge < -0.3 is 66.7 Å². The van der Waals surface area contributed by atoms with Crippen molar-refractivity contribution < 1.29 is 55.8 Å². The minimum Gasteiger partial charge on any atom is -1.00 e. The summed E-state index contributed by atoms with van der Waals surface area (Å²) in [7, 11) is 1.67.